The minimum atomic E-state index is -0.425. The Morgan fingerprint density at radius 3 is 2.55 bits per heavy atom. The lowest BCUT2D eigenvalue weighted by atomic mass is 9.86. The molecule has 1 aromatic carbocycles. The monoisotopic (exact) mass is 278 g/mol. The standard InChI is InChI=1S/C15H22N2O3/c1-11-3-5-13(6-4-11)16(2)15-8-7-14(17(19)20)9-12(15)10-18/h7-9,11,13,18H,3-6,10H2,1-2H3. The molecule has 1 aliphatic carbocycles. The van der Waals surface area contributed by atoms with Crippen LogP contribution in [0.5, 0.6) is 0 Å². The quantitative estimate of drug-likeness (QED) is 0.679. The van der Waals surface area contributed by atoms with Gasteiger partial charge in [0.1, 0.15) is 0 Å². The normalized spacial score (nSPS) is 22.6. The number of aliphatic hydroxyl groups excluding tert-OH is 1. The van der Waals surface area contributed by atoms with Crippen LogP contribution in [0.1, 0.15) is 38.2 Å². The van der Waals surface area contributed by atoms with Gasteiger partial charge in [0, 0.05) is 36.5 Å². The third-order valence-corrected chi connectivity index (χ3v) is 4.36. The van der Waals surface area contributed by atoms with Gasteiger partial charge in [-0.2, -0.15) is 0 Å². The molecule has 110 valence electrons. The van der Waals surface area contributed by atoms with Crippen LogP contribution in [-0.4, -0.2) is 23.1 Å². The highest BCUT2D eigenvalue weighted by molar-refractivity contribution is 5.58. The number of nitro groups is 1. The van der Waals surface area contributed by atoms with Crippen molar-refractivity contribution in [2.24, 2.45) is 5.92 Å². The molecule has 0 spiro atoms. The summed E-state index contributed by atoms with van der Waals surface area (Å²) in [5, 5.41) is 20.3. The van der Waals surface area contributed by atoms with Crippen LogP contribution in [-0.2, 0) is 6.61 Å². The van der Waals surface area contributed by atoms with Crippen molar-refractivity contribution in [3.63, 3.8) is 0 Å². The second-order valence-corrected chi connectivity index (χ2v) is 5.75. The van der Waals surface area contributed by atoms with Gasteiger partial charge in [0.15, 0.2) is 0 Å². The molecule has 0 saturated heterocycles. The molecule has 20 heavy (non-hydrogen) atoms. The Kier molecular flexibility index (Phi) is 4.60. The van der Waals surface area contributed by atoms with Crippen molar-refractivity contribution in [2.45, 2.75) is 45.3 Å². The molecule has 0 unspecified atom stereocenters. The first-order valence-corrected chi connectivity index (χ1v) is 7.14. The number of rotatable bonds is 4. The number of nitro benzene ring substituents is 1. The summed E-state index contributed by atoms with van der Waals surface area (Å²) in [5.41, 5.74) is 1.56. The molecule has 0 bridgehead atoms. The smallest absolute Gasteiger partial charge is 0.269 e. The summed E-state index contributed by atoms with van der Waals surface area (Å²) < 4.78 is 0. The predicted octanol–water partition coefficient (Wildman–Crippen LogP) is 3.10. The Balaban J connectivity index is 2.20. The number of hydrogen-bond acceptors (Lipinski definition) is 4. The fourth-order valence-corrected chi connectivity index (χ4v) is 2.98. The average molecular weight is 278 g/mol. The first-order valence-electron chi connectivity index (χ1n) is 7.14. The number of aliphatic hydroxyl groups is 1. The molecule has 5 nitrogen and oxygen atoms in total. The molecule has 0 heterocycles. The zero-order valence-electron chi connectivity index (χ0n) is 12.1. The van der Waals surface area contributed by atoms with Crippen LogP contribution in [0.15, 0.2) is 18.2 Å². The molecule has 0 radical (unpaired) electrons. The van der Waals surface area contributed by atoms with Gasteiger partial charge in [0.2, 0.25) is 0 Å². The highest BCUT2D eigenvalue weighted by Crippen LogP contribution is 2.32. The van der Waals surface area contributed by atoms with Gasteiger partial charge < -0.3 is 10.0 Å². The Labute approximate surface area is 119 Å². The van der Waals surface area contributed by atoms with E-state index in [1.165, 1.54) is 25.0 Å². The van der Waals surface area contributed by atoms with Crippen molar-refractivity contribution in [1.29, 1.82) is 0 Å². The van der Waals surface area contributed by atoms with E-state index in [1.807, 2.05) is 7.05 Å². The highest BCUT2D eigenvalue weighted by Gasteiger charge is 2.23. The summed E-state index contributed by atoms with van der Waals surface area (Å²) >= 11 is 0. The van der Waals surface area contributed by atoms with Crippen molar-refractivity contribution < 1.29 is 10.0 Å². The van der Waals surface area contributed by atoms with Crippen LogP contribution >= 0.6 is 0 Å². The highest BCUT2D eigenvalue weighted by atomic mass is 16.6. The van der Waals surface area contributed by atoms with Gasteiger partial charge in [-0.3, -0.25) is 10.1 Å². The molecule has 0 amide bonds. The SMILES string of the molecule is CC1CCC(N(C)c2ccc([N+](=O)[O-])cc2CO)CC1. The van der Waals surface area contributed by atoms with E-state index in [9.17, 15) is 15.2 Å². The number of anilines is 1. The van der Waals surface area contributed by atoms with Crippen molar-refractivity contribution >= 4 is 11.4 Å². The Bertz CT molecular complexity index is 482. The van der Waals surface area contributed by atoms with Gasteiger partial charge >= 0.3 is 0 Å². The molecular weight excluding hydrogens is 256 g/mol. The largest absolute Gasteiger partial charge is 0.392 e. The second-order valence-electron chi connectivity index (χ2n) is 5.75. The van der Waals surface area contributed by atoms with Crippen molar-refractivity contribution in [3.8, 4) is 0 Å². The minimum Gasteiger partial charge on any atom is -0.392 e. The van der Waals surface area contributed by atoms with E-state index in [0.717, 1.165) is 24.4 Å². The zero-order chi connectivity index (χ0) is 14.7. The summed E-state index contributed by atoms with van der Waals surface area (Å²) in [6, 6.07) is 5.19. The maximum atomic E-state index is 10.8. The van der Waals surface area contributed by atoms with Gasteiger partial charge in [-0.25, -0.2) is 0 Å². The summed E-state index contributed by atoms with van der Waals surface area (Å²) in [5.74, 6) is 0.786. The Morgan fingerprint density at radius 2 is 2.00 bits per heavy atom. The molecule has 1 fully saturated rings. The molecular formula is C15H22N2O3. The fourth-order valence-electron chi connectivity index (χ4n) is 2.98. The maximum Gasteiger partial charge on any atom is 0.269 e. The van der Waals surface area contributed by atoms with Crippen LogP contribution in [0.25, 0.3) is 0 Å². The van der Waals surface area contributed by atoms with Gasteiger partial charge in [-0.15, -0.1) is 0 Å². The van der Waals surface area contributed by atoms with Gasteiger partial charge in [0.25, 0.3) is 5.69 Å². The summed E-state index contributed by atoms with van der Waals surface area (Å²) in [7, 11) is 2.01. The van der Waals surface area contributed by atoms with E-state index in [2.05, 4.69) is 11.8 Å². The van der Waals surface area contributed by atoms with Crippen molar-refractivity contribution in [2.75, 3.05) is 11.9 Å². The maximum absolute atomic E-state index is 10.8. The lowest BCUT2D eigenvalue weighted by Crippen LogP contribution is -2.35. The molecule has 0 aliphatic heterocycles. The van der Waals surface area contributed by atoms with E-state index >= 15 is 0 Å². The van der Waals surface area contributed by atoms with Gasteiger partial charge in [-0.05, 0) is 37.7 Å². The van der Waals surface area contributed by atoms with Crippen molar-refractivity contribution in [3.05, 3.63) is 33.9 Å². The summed E-state index contributed by atoms with van der Waals surface area (Å²) in [4.78, 5) is 12.5. The number of benzene rings is 1. The third kappa shape index (κ3) is 3.10. The number of nitrogens with zero attached hydrogens (tertiary/aromatic N) is 2. The molecule has 0 atom stereocenters. The number of hydrogen-bond donors (Lipinski definition) is 1. The van der Waals surface area contributed by atoms with Crippen LogP contribution < -0.4 is 4.90 Å². The van der Waals surface area contributed by atoms with Crippen LogP contribution in [0.3, 0.4) is 0 Å². The van der Waals surface area contributed by atoms with E-state index in [1.54, 1.807) is 6.07 Å². The first kappa shape index (κ1) is 14.8. The molecule has 2 rings (SSSR count). The predicted molar refractivity (Wildman–Crippen MR) is 78.8 cm³/mol. The minimum absolute atomic E-state index is 0.0310. The summed E-state index contributed by atoms with van der Waals surface area (Å²) in [6.45, 7) is 2.10. The number of non-ortho nitro benzene ring substituents is 1. The lowest BCUT2D eigenvalue weighted by molar-refractivity contribution is -0.384. The van der Waals surface area contributed by atoms with Crippen LogP contribution in [0, 0.1) is 16.0 Å². The molecule has 1 saturated carbocycles. The first-order chi connectivity index (χ1) is 9.52. The van der Waals surface area contributed by atoms with E-state index in [4.69, 9.17) is 0 Å². The molecule has 1 aromatic rings. The lowest BCUT2D eigenvalue weighted by Gasteiger charge is -2.36. The van der Waals surface area contributed by atoms with Gasteiger partial charge in [-0.1, -0.05) is 6.92 Å². The van der Waals surface area contributed by atoms with E-state index in [0.29, 0.717) is 11.6 Å². The average Bonchev–Trinajstić information content (AvgIpc) is 2.46. The molecule has 5 heteroatoms. The zero-order valence-corrected chi connectivity index (χ0v) is 12.1. The molecule has 0 aromatic heterocycles. The fraction of sp³-hybridized carbons (Fsp3) is 0.600. The Morgan fingerprint density at radius 1 is 1.35 bits per heavy atom. The molecule has 1 N–H and O–H groups in total. The third-order valence-electron chi connectivity index (χ3n) is 4.36. The summed E-state index contributed by atoms with van der Waals surface area (Å²) in [6.07, 6.45) is 4.71. The van der Waals surface area contributed by atoms with E-state index < -0.39 is 4.92 Å². The topological polar surface area (TPSA) is 66.6 Å². The van der Waals surface area contributed by atoms with Crippen LogP contribution in [0.4, 0.5) is 11.4 Å². The van der Waals surface area contributed by atoms with E-state index in [-0.39, 0.29) is 12.3 Å². The molecule has 1 aliphatic rings. The van der Waals surface area contributed by atoms with Crippen LogP contribution in [0.2, 0.25) is 0 Å². The van der Waals surface area contributed by atoms with Crippen molar-refractivity contribution in [1.82, 2.24) is 0 Å². The second kappa shape index (κ2) is 6.22. The Hall–Kier alpha value is -1.62. The van der Waals surface area contributed by atoms with Gasteiger partial charge in [0.05, 0.1) is 11.5 Å².